The first-order chi connectivity index (χ1) is 11.6. The monoisotopic (exact) mass is 348 g/mol. The first-order valence-corrected chi connectivity index (χ1v) is 9.83. The number of amides is 1. The summed E-state index contributed by atoms with van der Waals surface area (Å²) in [6.45, 7) is 5.02. The Hall–Kier alpha value is -1.69. The summed E-state index contributed by atoms with van der Waals surface area (Å²) in [6, 6.07) is 8.33. The smallest absolute Gasteiger partial charge is 0.221 e. The molecule has 6 heteroatoms. The van der Waals surface area contributed by atoms with E-state index in [0.717, 1.165) is 29.0 Å². The highest BCUT2D eigenvalue weighted by molar-refractivity contribution is 7.99. The normalized spacial score (nSPS) is 20.7. The van der Waals surface area contributed by atoms with Crippen molar-refractivity contribution in [1.82, 2.24) is 10.6 Å². The number of hydrogen-bond acceptors (Lipinski definition) is 3. The molecule has 1 saturated carbocycles. The molecular weight excluding hydrogens is 320 g/mol. The summed E-state index contributed by atoms with van der Waals surface area (Å²) in [5.74, 6) is 0.810. The lowest BCUT2D eigenvalue weighted by Gasteiger charge is -2.17. The van der Waals surface area contributed by atoms with E-state index in [0.29, 0.717) is 12.6 Å². The highest BCUT2D eigenvalue weighted by Gasteiger charge is 2.24. The second-order valence-corrected chi connectivity index (χ2v) is 7.23. The van der Waals surface area contributed by atoms with Gasteiger partial charge in [0.15, 0.2) is 5.96 Å². The molecule has 0 bridgehead atoms. The van der Waals surface area contributed by atoms with E-state index < -0.39 is 0 Å². The van der Waals surface area contributed by atoms with Gasteiger partial charge in [0.25, 0.3) is 0 Å². The van der Waals surface area contributed by atoms with E-state index in [1.807, 2.05) is 36.0 Å². The Morgan fingerprint density at radius 3 is 2.88 bits per heavy atom. The molecule has 2 unspecified atom stereocenters. The van der Waals surface area contributed by atoms with Crippen LogP contribution < -0.4 is 16.0 Å². The summed E-state index contributed by atoms with van der Waals surface area (Å²) in [5, 5.41) is 10.4. The molecule has 0 aliphatic heterocycles. The van der Waals surface area contributed by atoms with Crippen LogP contribution in [0.15, 0.2) is 29.3 Å². The molecule has 1 aliphatic rings. The van der Waals surface area contributed by atoms with Gasteiger partial charge in [-0.3, -0.25) is 4.79 Å². The molecule has 0 saturated heterocycles. The quantitative estimate of drug-likeness (QED) is 0.546. The van der Waals surface area contributed by atoms with Crippen LogP contribution in [0.4, 0.5) is 5.69 Å². The van der Waals surface area contributed by atoms with Gasteiger partial charge in [0.05, 0.1) is 6.54 Å². The van der Waals surface area contributed by atoms with Gasteiger partial charge in [-0.1, -0.05) is 12.1 Å². The average molecular weight is 349 g/mol. The van der Waals surface area contributed by atoms with Gasteiger partial charge >= 0.3 is 0 Å². The molecule has 3 N–H and O–H groups in total. The van der Waals surface area contributed by atoms with Gasteiger partial charge in [0, 0.05) is 30.4 Å². The first-order valence-electron chi connectivity index (χ1n) is 8.55. The van der Waals surface area contributed by atoms with Crippen molar-refractivity contribution in [2.45, 2.75) is 50.9 Å². The third-order valence-electron chi connectivity index (χ3n) is 4.07. The van der Waals surface area contributed by atoms with Crippen LogP contribution in [0.2, 0.25) is 0 Å². The Morgan fingerprint density at radius 2 is 2.21 bits per heavy atom. The molecular formula is C18H28N4OS. The number of benzene rings is 1. The number of anilines is 1. The number of carbonyl (C=O) groups excluding carboxylic acids is 1. The van der Waals surface area contributed by atoms with Gasteiger partial charge in [-0.2, -0.15) is 11.8 Å². The molecule has 1 aromatic rings. The van der Waals surface area contributed by atoms with E-state index in [4.69, 9.17) is 4.99 Å². The standard InChI is InChI=1S/C18H28N4OS/c1-4-19-18(22-16-8-9-17(11-16)24-3)20-12-14-6-5-7-15(10-14)21-13(2)23/h5-7,10,16-17H,4,8-9,11-12H2,1-3H3,(H,21,23)(H2,19,20,22). The zero-order valence-corrected chi connectivity index (χ0v) is 15.6. The van der Waals surface area contributed by atoms with E-state index >= 15 is 0 Å². The predicted octanol–water partition coefficient (Wildman–Crippen LogP) is 2.98. The lowest BCUT2D eigenvalue weighted by Crippen LogP contribution is -2.42. The minimum absolute atomic E-state index is 0.0600. The molecule has 1 aliphatic carbocycles. The number of thioether (sulfide) groups is 1. The molecule has 1 amide bonds. The molecule has 132 valence electrons. The Bertz CT molecular complexity index is 576. The van der Waals surface area contributed by atoms with Crippen LogP contribution in [0.1, 0.15) is 38.7 Å². The van der Waals surface area contributed by atoms with E-state index in [1.54, 1.807) is 0 Å². The number of aliphatic imine (C=N–C) groups is 1. The van der Waals surface area contributed by atoms with Crippen LogP contribution in [0.3, 0.4) is 0 Å². The largest absolute Gasteiger partial charge is 0.357 e. The number of carbonyl (C=O) groups is 1. The average Bonchev–Trinajstić information content (AvgIpc) is 3.00. The van der Waals surface area contributed by atoms with Crippen LogP contribution in [-0.4, -0.2) is 36.0 Å². The van der Waals surface area contributed by atoms with Crippen molar-refractivity contribution in [3.63, 3.8) is 0 Å². The van der Waals surface area contributed by atoms with Crippen molar-refractivity contribution in [3.8, 4) is 0 Å². The van der Waals surface area contributed by atoms with Gasteiger partial charge in [-0.25, -0.2) is 4.99 Å². The maximum Gasteiger partial charge on any atom is 0.221 e. The van der Waals surface area contributed by atoms with Crippen LogP contribution >= 0.6 is 11.8 Å². The molecule has 5 nitrogen and oxygen atoms in total. The van der Waals surface area contributed by atoms with Crippen molar-refractivity contribution in [2.24, 2.45) is 4.99 Å². The van der Waals surface area contributed by atoms with E-state index in [2.05, 4.69) is 29.1 Å². The second-order valence-electron chi connectivity index (χ2n) is 6.09. The fourth-order valence-electron chi connectivity index (χ4n) is 2.92. The number of guanidine groups is 1. The summed E-state index contributed by atoms with van der Waals surface area (Å²) in [6.07, 6.45) is 5.86. The van der Waals surface area contributed by atoms with Gasteiger partial charge < -0.3 is 16.0 Å². The van der Waals surface area contributed by atoms with Crippen LogP contribution in [0.25, 0.3) is 0 Å². The molecule has 0 heterocycles. The number of nitrogens with one attached hydrogen (secondary N) is 3. The maximum atomic E-state index is 11.2. The summed E-state index contributed by atoms with van der Waals surface area (Å²) in [4.78, 5) is 15.9. The van der Waals surface area contributed by atoms with Crippen LogP contribution in [0, 0.1) is 0 Å². The van der Waals surface area contributed by atoms with E-state index in [9.17, 15) is 4.79 Å². The SMILES string of the molecule is CCNC(=NCc1cccc(NC(C)=O)c1)NC1CCC(SC)C1. The Morgan fingerprint density at radius 1 is 1.38 bits per heavy atom. The fraction of sp³-hybridized carbons (Fsp3) is 0.556. The van der Waals surface area contributed by atoms with Crippen LogP contribution in [-0.2, 0) is 11.3 Å². The van der Waals surface area contributed by atoms with Gasteiger partial charge in [0.1, 0.15) is 0 Å². The predicted molar refractivity (Wildman–Crippen MR) is 104 cm³/mol. The topological polar surface area (TPSA) is 65.5 Å². The van der Waals surface area contributed by atoms with Gasteiger partial charge in [-0.15, -0.1) is 0 Å². The summed E-state index contributed by atoms with van der Waals surface area (Å²) in [7, 11) is 0. The number of nitrogens with zero attached hydrogens (tertiary/aromatic N) is 1. The van der Waals surface area contributed by atoms with Crippen molar-refractivity contribution >= 4 is 29.3 Å². The Balaban J connectivity index is 1.96. The highest BCUT2D eigenvalue weighted by atomic mass is 32.2. The number of rotatable bonds is 6. The zero-order valence-electron chi connectivity index (χ0n) is 14.8. The molecule has 0 spiro atoms. The Labute approximate surface area is 149 Å². The molecule has 0 aromatic heterocycles. The zero-order chi connectivity index (χ0) is 17.4. The van der Waals surface area contributed by atoms with Crippen molar-refractivity contribution < 1.29 is 4.79 Å². The molecule has 1 aromatic carbocycles. The molecule has 2 rings (SSSR count). The lowest BCUT2D eigenvalue weighted by molar-refractivity contribution is -0.114. The minimum Gasteiger partial charge on any atom is -0.357 e. The van der Waals surface area contributed by atoms with Crippen molar-refractivity contribution in [1.29, 1.82) is 0 Å². The van der Waals surface area contributed by atoms with Gasteiger partial charge in [-0.05, 0) is 50.1 Å². The summed E-state index contributed by atoms with van der Waals surface area (Å²) >= 11 is 1.96. The third kappa shape index (κ3) is 6.07. The Kier molecular flexibility index (Phi) is 7.43. The molecule has 24 heavy (non-hydrogen) atoms. The molecule has 1 fully saturated rings. The molecule has 0 radical (unpaired) electrons. The lowest BCUT2D eigenvalue weighted by atomic mass is 10.2. The van der Waals surface area contributed by atoms with Gasteiger partial charge in [0.2, 0.25) is 5.91 Å². The fourth-order valence-corrected chi connectivity index (χ4v) is 3.72. The summed E-state index contributed by atoms with van der Waals surface area (Å²) < 4.78 is 0. The first kappa shape index (κ1) is 18.6. The highest BCUT2D eigenvalue weighted by Crippen LogP contribution is 2.28. The van der Waals surface area contributed by atoms with Crippen LogP contribution in [0.5, 0.6) is 0 Å². The maximum absolute atomic E-state index is 11.2. The second kappa shape index (κ2) is 9.57. The third-order valence-corrected chi connectivity index (χ3v) is 5.16. The molecule has 2 atom stereocenters. The number of hydrogen-bond donors (Lipinski definition) is 3. The van der Waals surface area contributed by atoms with E-state index in [-0.39, 0.29) is 5.91 Å². The summed E-state index contributed by atoms with van der Waals surface area (Å²) in [5.41, 5.74) is 1.89. The van der Waals surface area contributed by atoms with Crippen molar-refractivity contribution in [2.75, 3.05) is 18.1 Å². The van der Waals surface area contributed by atoms with Crippen molar-refractivity contribution in [3.05, 3.63) is 29.8 Å². The minimum atomic E-state index is -0.0600. The van der Waals surface area contributed by atoms with E-state index in [1.165, 1.54) is 26.2 Å².